The lowest BCUT2D eigenvalue weighted by molar-refractivity contribution is 0.620. The summed E-state index contributed by atoms with van der Waals surface area (Å²) in [5, 5.41) is 3.08. The minimum Gasteiger partial charge on any atom is -0.335 e. The summed E-state index contributed by atoms with van der Waals surface area (Å²) in [5.74, 6) is 0.844. The number of imidazole rings is 1. The SMILES string of the molecule is CCCn1ccnc1Cc1ccc(F)cc1CNC. The van der Waals surface area contributed by atoms with Crippen LogP contribution in [0.4, 0.5) is 4.39 Å². The third kappa shape index (κ3) is 3.41. The lowest BCUT2D eigenvalue weighted by atomic mass is 10.0. The van der Waals surface area contributed by atoms with Crippen molar-refractivity contribution < 1.29 is 4.39 Å². The van der Waals surface area contributed by atoms with Gasteiger partial charge in [0.25, 0.3) is 0 Å². The molecule has 4 heteroatoms. The van der Waals surface area contributed by atoms with Crippen molar-refractivity contribution in [1.82, 2.24) is 14.9 Å². The van der Waals surface area contributed by atoms with Crippen molar-refractivity contribution in [3.8, 4) is 0 Å². The lowest BCUT2D eigenvalue weighted by Gasteiger charge is -2.11. The first kappa shape index (κ1) is 13.7. The molecule has 0 bridgehead atoms. The van der Waals surface area contributed by atoms with E-state index in [1.165, 1.54) is 6.07 Å². The molecule has 102 valence electrons. The fourth-order valence-electron chi connectivity index (χ4n) is 2.24. The third-order valence-electron chi connectivity index (χ3n) is 3.15. The molecule has 0 aliphatic rings. The molecule has 1 heterocycles. The van der Waals surface area contributed by atoms with E-state index in [1.807, 2.05) is 25.5 Å². The van der Waals surface area contributed by atoms with Gasteiger partial charge in [-0.05, 0) is 36.7 Å². The minimum absolute atomic E-state index is 0.189. The Hall–Kier alpha value is -1.68. The van der Waals surface area contributed by atoms with Gasteiger partial charge >= 0.3 is 0 Å². The molecule has 0 spiro atoms. The van der Waals surface area contributed by atoms with Crippen molar-refractivity contribution in [2.45, 2.75) is 32.9 Å². The molecule has 3 nitrogen and oxygen atoms in total. The quantitative estimate of drug-likeness (QED) is 0.866. The molecule has 2 aromatic rings. The minimum atomic E-state index is -0.189. The van der Waals surface area contributed by atoms with Gasteiger partial charge in [0.1, 0.15) is 11.6 Å². The van der Waals surface area contributed by atoms with Gasteiger partial charge in [-0.3, -0.25) is 0 Å². The first-order valence-electron chi connectivity index (χ1n) is 6.66. The summed E-state index contributed by atoms with van der Waals surface area (Å²) < 4.78 is 15.5. The molecular formula is C15H20FN3. The molecule has 1 aromatic heterocycles. The van der Waals surface area contributed by atoms with E-state index in [-0.39, 0.29) is 5.82 Å². The molecule has 19 heavy (non-hydrogen) atoms. The highest BCUT2D eigenvalue weighted by atomic mass is 19.1. The summed E-state index contributed by atoms with van der Waals surface area (Å²) in [4.78, 5) is 4.40. The third-order valence-corrected chi connectivity index (χ3v) is 3.15. The zero-order valence-corrected chi connectivity index (χ0v) is 11.5. The van der Waals surface area contributed by atoms with Crippen molar-refractivity contribution in [3.63, 3.8) is 0 Å². The number of halogens is 1. The van der Waals surface area contributed by atoms with Gasteiger partial charge < -0.3 is 9.88 Å². The number of benzene rings is 1. The van der Waals surface area contributed by atoms with Crippen molar-refractivity contribution in [2.24, 2.45) is 0 Å². The van der Waals surface area contributed by atoms with E-state index in [0.29, 0.717) is 6.54 Å². The molecule has 1 N–H and O–H groups in total. The summed E-state index contributed by atoms with van der Waals surface area (Å²) >= 11 is 0. The monoisotopic (exact) mass is 261 g/mol. The maximum atomic E-state index is 13.3. The molecule has 2 rings (SSSR count). The highest BCUT2D eigenvalue weighted by Crippen LogP contribution is 2.15. The molecule has 0 unspecified atom stereocenters. The van der Waals surface area contributed by atoms with Crippen molar-refractivity contribution in [1.29, 1.82) is 0 Å². The van der Waals surface area contributed by atoms with E-state index < -0.39 is 0 Å². The van der Waals surface area contributed by atoms with Gasteiger partial charge in [0, 0.05) is 31.9 Å². The average molecular weight is 261 g/mol. The molecule has 0 aliphatic carbocycles. The van der Waals surface area contributed by atoms with Crippen LogP contribution < -0.4 is 5.32 Å². The summed E-state index contributed by atoms with van der Waals surface area (Å²) in [6.45, 7) is 3.79. The van der Waals surface area contributed by atoms with Crippen molar-refractivity contribution in [3.05, 3.63) is 53.4 Å². The van der Waals surface area contributed by atoms with Crippen LogP contribution in [-0.4, -0.2) is 16.6 Å². The predicted octanol–water partition coefficient (Wildman–Crippen LogP) is 2.74. The van der Waals surface area contributed by atoms with Gasteiger partial charge in [-0.1, -0.05) is 13.0 Å². The Morgan fingerprint density at radius 1 is 1.32 bits per heavy atom. The fraction of sp³-hybridized carbons (Fsp3) is 0.400. The molecular weight excluding hydrogens is 241 g/mol. The van der Waals surface area contributed by atoms with E-state index in [9.17, 15) is 4.39 Å². The maximum Gasteiger partial charge on any atom is 0.123 e. The second-order valence-electron chi connectivity index (χ2n) is 4.66. The smallest absolute Gasteiger partial charge is 0.123 e. The Balaban J connectivity index is 2.24. The normalized spacial score (nSPS) is 10.9. The van der Waals surface area contributed by atoms with Gasteiger partial charge in [-0.25, -0.2) is 9.37 Å². The number of rotatable bonds is 6. The van der Waals surface area contributed by atoms with Crippen LogP contribution >= 0.6 is 0 Å². The summed E-state index contributed by atoms with van der Waals surface area (Å²) in [7, 11) is 1.87. The van der Waals surface area contributed by atoms with Crippen LogP contribution in [0.25, 0.3) is 0 Å². The summed E-state index contributed by atoms with van der Waals surface area (Å²) in [5.41, 5.74) is 2.12. The van der Waals surface area contributed by atoms with Crippen molar-refractivity contribution in [2.75, 3.05) is 7.05 Å². The van der Waals surface area contributed by atoms with Crippen LogP contribution in [0.2, 0.25) is 0 Å². The van der Waals surface area contributed by atoms with Crippen LogP contribution in [0, 0.1) is 5.82 Å². The Bertz CT molecular complexity index is 534. The van der Waals surface area contributed by atoms with Crippen molar-refractivity contribution >= 4 is 0 Å². The summed E-state index contributed by atoms with van der Waals surface area (Å²) in [6, 6.07) is 4.97. The molecule has 0 saturated heterocycles. The Kier molecular flexibility index (Phi) is 4.68. The Labute approximate surface area is 113 Å². The number of nitrogens with zero attached hydrogens (tertiary/aromatic N) is 2. The molecule has 0 fully saturated rings. The number of aromatic nitrogens is 2. The van der Waals surface area contributed by atoms with Crippen LogP contribution in [0.15, 0.2) is 30.6 Å². The van der Waals surface area contributed by atoms with Gasteiger partial charge in [0.05, 0.1) is 0 Å². The second-order valence-corrected chi connectivity index (χ2v) is 4.66. The number of hydrogen-bond acceptors (Lipinski definition) is 2. The first-order valence-corrected chi connectivity index (χ1v) is 6.66. The zero-order valence-electron chi connectivity index (χ0n) is 11.5. The molecule has 0 saturated carbocycles. The van der Waals surface area contributed by atoms with Crippen LogP contribution in [-0.2, 0) is 19.5 Å². The van der Waals surface area contributed by atoms with E-state index in [2.05, 4.69) is 21.8 Å². The topological polar surface area (TPSA) is 29.9 Å². The van der Waals surface area contributed by atoms with Gasteiger partial charge in [0.15, 0.2) is 0 Å². The van der Waals surface area contributed by atoms with Crippen LogP contribution in [0.5, 0.6) is 0 Å². The molecule has 0 radical (unpaired) electrons. The number of hydrogen-bond donors (Lipinski definition) is 1. The number of nitrogens with one attached hydrogen (secondary N) is 1. The molecule has 0 amide bonds. The van der Waals surface area contributed by atoms with Crippen LogP contribution in [0.3, 0.4) is 0 Å². The summed E-state index contributed by atoms with van der Waals surface area (Å²) in [6.07, 6.45) is 5.65. The Morgan fingerprint density at radius 3 is 2.89 bits per heavy atom. The zero-order chi connectivity index (χ0) is 13.7. The standard InChI is InChI=1S/C15H20FN3/c1-3-7-19-8-6-18-15(19)10-12-4-5-14(16)9-13(12)11-17-2/h4-6,8-9,17H,3,7,10-11H2,1-2H3. The van der Waals surface area contributed by atoms with E-state index in [1.54, 1.807) is 6.07 Å². The second kappa shape index (κ2) is 6.48. The van der Waals surface area contributed by atoms with E-state index in [4.69, 9.17) is 0 Å². The number of aryl methyl sites for hydroxylation is 1. The van der Waals surface area contributed by atoms with E-state index in [0.717, 1.165) is 36.3 Å². The van der Waals surface area contributed by atoms with E-state index >= 15 is 0 Å². The first-order chi connectivity index (χ1) is 9.24. The molecule has 0 atom stereocenters. The Morgan fingerprint density at radius 2 is 2.16 bits per heavy atom. The maximum absolute atomic E-state index is 13.3. The largest absolute Gasteiger partial charge is 0.335 e. The van der Waals surface area contributed by atoms with Crippen LogP contribution in [0.1, 0.15) is 30.3 Å². The highest BCUT2D eigenvalue weighted by molar-refractivity contribution is 5.30. The van der Waals surface area contributed by atoms with Gasteiger partial charge in [0.2, 0.25) is 0 Å². The van der Waals surface area contributed by atoms with Gasteiger partial charge in [-0.15, -0.1) is 0 Å². The fourth-order valence-corrected chi connectivity index (χ4v) is 2.24. The lowest BCUT2D eigenvalue weighted by Crippen LogP contribution is -2.10. The average Bonchev–Trinajstić information content (AvgIpc) is 2.81. The molecule has 0 aliphatic heterocycles. The predicted molar refractivity (Wildman–Crippen MR) is 74.5 cm³/mol. The van der Waals surface area contributed by atoms with Gasteiger partial charge in [-0.2, -0.15) is 0 Å². The highest BCUT2D eigenvalue weighted by Gasteiger charge is 2.08. The molecule has 1 aromatic carbocycles.